The van der Waals surface area contributed by atoms with Gasteiger partial charge in [0.1, 0.15) is 69.7 Å². The van der Waals surface area contributed by atoms with E-state index in [1.54, 1.807) is 24.3 Å². The number of aromatic carboxylic acids is 1. The van der Waals surface area contributed by atoms with Gasteiger partial charge in [0.25, 0.3) is 5.91 Å². The minimum Gasteiger partial charge on any atom is -0.487 e. The molecule has 6 aromatic heterocycles. The number of nitrogens with zero attached hydrogens (tertiary/aromatic N) is 15. The first-order chi connectivity index (χ1) is 66.3. The molecule has 0 radical (unpaired) electrons. The van der Waals surface area contributed by atoms with Gasteiger partial charge in [-0.2, -0.15) is 15.3 Å². The molecular weight excluding hydrogens is 1800 g/mol. The molecule has 3 unspecified atom stereocenters. The van der Waals surface area contributed by atoms with Gasteiger partial charge in [-0.25, -0.2) is 34.1 Å². The molecule has 3 aliphatic heterocycles. The van der Waals surface area contributed by atoms with Crippen molar-refractivity contribution in [3.63, 3.8) is 0 Å². The van der Waals surface area contributed by atoms with Crippen molar-refractivity contribution in [1.29, 1.82) is 0 Å². The van der Waals surface area contributed by atoms with E-state index in [-0.39, 0.29) is 150 Å². The molecule has 3 atom stereocenters. The van der Waals surface area contributed by atoms with Crippen LogP contribution in [0.4, 0.5) is 17.1 Å². The van der Waals surface area contributed by atoms with Crippen LogP contribution >= 0.6 is 34.0 Å². The Kier molecular flexibility index (Phi) is 31.2. The van der Waals surface area contributed by atoms with E-state index in [2.05, 4.69) is 92.6 Å². The standard InChI is InChI=1S/C99H106N16O18S3/c1-62(2)113(74-26-23-67-47-77(97(119)131-83(67)52-74)93-101-80-13-7-10-16-88(80)134-93)59-71-56-110(107-104-71)29-32-122-35-38-125-41-44-128-86-50-70(92(116)100-55-65-19-21-66(22-20-65)96(117)118)51-87(129-45-42-126-39-36-123-33-30-111-57-72(105-108-111)60-114(63(3)4)75-27-24-68-48-78(98(120)132-84(68)53-75)94-102-81-14-8-11-17-89(81)135-94)91(86)130-46-43-127-40-37-124-34-31-112-58-73(106-109-112)61-115(64(5)6)76-28-25-69-49-79(99(121)133-85(69)54-76)95-103-82-15-9-12-18-90(82)136-95/h7-28,47-54,62-64,71-73H,29-46,55-61H2,1-6H3,(H,100,116)(H,117,118). The van der Waals surface area contributed by atoms with Crippen LogP contribution in [0.5, 0.6) is 17.2 Å². The summed E-state index contributed by atoms with van der Waals surface area (Å²) in [6.07, 6.45) is 0. The fraction of sp³-hybridized carbons (Fsp3) is 0.374. The van der Waals surface area contributed by atoms with Crippen LogP contribution in [-0.4, -0.2) is 241 Å². The predicted molar refractivity (Wildman–Crippen MR) is 524 cm³/mol. The molecule has 136 heavy (non-hydrogen) atoms. The van der Waals surface area contributed by atoms with Gasteiger partial charge < -0.3 is 81.0 Å². The zero-order valence-electron chi connectivity index (χ0n) is 76.3. The first-order valence-electron chi connectivity index (χ1n) is 45.5. The van der Waals surface area contributed by atoms with Crippen LogP contribution in [0.2, 0.25) is 0 Å². The van der Waals surface area contributed by atoms with E-state index >= 15 is 0 Å². The summed E-state index contributed by atoms with van der Waals surface area (Å²) in [5.41, 5.74) is 7.61. The highest BCUT2D eigenvalue weighted by atomic mass is 32.1. The molecule has 8 aromatic carbocycles. The van der Waals surface area contributed by atoms with Gasteiger partial charge >= 0.3 is 22.8 Å². The maximum atomic E-state index is 14.2. The molecule has 37 heteroatoms. The number of aromatic nitrogens is 3. The summed E-state index contributed by atoms with van der Waals surface area (Å²) in [7, 11) is 0. The molecule has 14 aromatic rings. The summed E-state index contributed by atoms with van der Waals surface area (Å²) in [4.78, 5) is 86.8. The van der Waals surface area contributed by atoms with E-state index < -0.39 is 28.8 Å². The average molecular weight is 1900 g/mol. The number of carboxylic acid groups (broad SMARTS) is 1. The number of benzene rings is 8. The van der Waals surface area contributed by atoms with Gasteiger partial charge in [0, 0.05) is 101 Å². The van der Waals surface area contributed by atoms with E-state index in [1.165, 1.54) is 46.1 Å². The Hall–Kier alpha value is -13.2. The Labute approximate surface area is 794 Å². The summed E-state index contributed by atoms with van der Waals surface area (Å²) >= 11 is 4.38. The SMILES string of the molecule is CC(C)N(CC1CN(CCOCCOCCOc2cc(C(=O)NCc3ccc(C(=O)O)cc3)cc(OCCOCCOCCN3CC(CN(c4ccc5cc(-c6nc7ccccc7s6)c(=O)oc5c4)C(C)C)N=N3)c2OCCOCCOCCN2CC(CN(c3ccc4cc(-c5nc6ccccc6s5)c(=O)oc4c3)C(C)C)N=N2)N=N1)c1ccc2cc(-c3nc4ccccc4s3)c(=O)oc2c1. The monoisotopic (exact) mass is 1900 g/mol. The van der Waals surface area contributed by atoms with Gasteiger partial charge in [0.2, 0.25) is 5.75 Å². The van der Waals surface area contributed by atoms with Crippen LogP contribution in [0.25, 0.3) is 95.3 Å². The number of nitrogens with one attached hydrogen (secondary N) is 1. The lowest BCUT2D eigenvalue weighted by molar-refractivity contribution is 0.0254. The van der Waals surface area contributed by atoms with Gasteiger partial charge in [-0.05, 0) is 162 Å². The van der Waals surface area contributed by atoms with E-state index in [4.69, 9.17) is 70.8 Å². The zero-order chi connectivity index (χ0) is 94.0. The molecule has 17 rings (SSSR count). The van der Waals surface area contributed by atoms with E-state index in [1.807, 2.05) is 161 Å². The third-order valence-electron chi connectivity index (χ3n) is 23.1. The highest BCUT2D eigenvalue weighted by Crippen LogP contribution is 2.41. The largest absolute Gasteiger partial charge is 0.487 e. The van der Waals surface area contributed by atoms with E-state index in [0.717, 1.165) is 63.9 Å². The molecule has 0 bridgehead atoms. The Balaban J connectivity index is 0.479. The van der Waals surface area contributed by atoms with Gasteiger partial charge in [0.15, 0.2) is 11.5 Å². The Bertz CT molecular complexity index is 6460. The number of amides is 1. The molecule has 34 nitrogen and oxygen atoms in total. The molecule has 708 valence electrons. The summed E-state index contributed by atoms with van der Waals surface area (Å²) < 4.78 is 76.2. The number of anilines is 3. The van der Waals surface area contributed by atoms with Crippen molar-refractivity contribution >= 4 is 127 Å². The van der Waals surface area contributed by atoms with Gasteiger partial charge in [-0.15, -0.1) is 34.0 Å². The summed E-state index contributed by atoms with van der Waals surface area (Å²) in [6.45, 7) is 21.1. The normalized spacial score (nSPS) is 14.9. The number of carboxylic acids is 1. The molecule has 2 N–H and O–H groups in total. The van der Waals surface area contributed by atoms with Gasteiger partial charge in [0.05, 0.1) is 171 Å². The average Bonchev–Trinajstić information content (AvgIpc) is 1.61. The summed E-state index contributed by atoms with van der Waals surface area (Å²) in [5, 5.41) is 49.7. The first-order valence-corrected chi connectivity index (χ1v) is 48.0. The number of carbonyl (C=O) groups is 2. The fourth-order valence-electron chi connectivity index (χ4n) is 16.1. The molecule has 1 amide bonds. The Morgan fingerprint density at radius 1 is 0.404 bits per heavy atom. The number of para-hydroxylation sites is 3. The number of rotatable bonds is 49. The number of carbonyl (C=O) groups excluding carboxylic acids is 1. The lowest BCUT2D eigenvalue weighted by Gasteiger charge is -2.30. The quantitative estimate of drug-likeness (QED) is 0.0264. The van der Waals surface area contributed by atoms with Crippen molar-refractivity contribution in [3.8, 4) is 49.0 Å². The van der Waals surface area contributed by atoms with Crippen LogP contribution in [0, 0.1) is 0 Å². The second-order valence-electron chi connectivity index (χ2n) is 33.7. The van der Waals surface area contributed by atoms with Crippen molar-refractivity contribution in [1.82, 2.24) is 35.3 Å². The lowest BCUT2D eigenvalue weighted by atomic mass is 10.1. The molecule has 9 heterocycles. The third kappa shape index (κ3) is 24.0. The predicted octanol–water partition coefficient (Wildman–Crippen LogP) is 16.6. The number of hydrogen-bond donors (Lipinski definition) is 2. The Morgan fingerprint density at radius 3 is 1.07 bits per heavy atom. The third-order valence-corrected chi connectivity index (χ3v) is 26.3. The van der Waals surface area contributed by atoms with Gasteiger partial charge in [-0.1, -0.05) is 64.2 Å². The lowest BCUT2D eigenvalue weighted by Crippen LogP contribution is -2.39. The van der Waals surface area contributed by atoms with Crippen molar-refractivity contribution < 1.29 is 70.6 Å². The smallest absolute Gasteiger partial charge is 0.346 e. The second-order valence-corrected chi connectivity index (χ2v) is 36.8. The molecule has 0 aliphatic carbocycles. The highest BCUT2D eigenvalue weighted by Gasteiger charge is 2.30. The number of ether oxygens (including phenoxy) is 9. The topological polar surface area (TPSA) is 372 Å². The molecule has 0 fully saturated rings. The fourth-order valence-corrected chi connectivity index (χ4v) is 19.0. The minimum atomic E-state index is -1.07. The van der Waals surface area contributed by atoms with E-state index in [0.29, 0.717) is 133 Å². The first kappa shape index (κ1) is 94.5. The number of thiazole rings is 3. The number of hydrogen-bond acceptors (Lipinski definition) is 35. The van der Waals surface area contributed by atoms with Crippen LogP contribution in [0.1, 0.15) is 67.8 Å². The molecular formula is C99H106N16O18S3. The molecule has 0 saturated carbocycles. The van der Waals surface area contributed by atoms with Crippen LogP contribution in [-0.2, 0) is 35.0 Å². The number of fused-ring (bicyclic) bond motifs is 6. The Morgan fingerprint density at radius 2 is 0.735 bits per heavy atom. The maximum absolute atomic E-state index is 14.2. The van der Waals surface area contributed by atoms with Crippen molar-refractivity contribution in [2.75, 3.05) is 173 Å². The second kappa shape index (κ2) is 44.9. The maximum Gasteiger partial charge on any atom is 0.346 e. The molecule has 0 spiro atoms. The van der Waals surface area contributed by atoms with Crippen LogP contribution in [0.15, 0.2) is 241 Å². The van der Waals surface area contributed by atoms with Crippen molar-refractivity contribution in [2.45, 2.75) is 84.3 Å². The van der Waals surface area contributed by atoms with Crippen molar-refractivity contribution in [3.05, 3.63) is 230 Å². The molecule has 3 aliphatic rings. The van der Waals surface area contributed by atoms with E-state index in [9.17, 15) is 29.1 Å². The van der Waals surface area contributed by atoms with Crippen molar-refractivity contribution in [2.24, 2.45) is 31.0 Å². The summed E-state index contributed by atoms with van der Waals surface area (Å²) in [5.74, 6) is -0.945. The molecule has 0 saturated heterocycles. The van der Waals surface area contributed by atoms with Crippen LogP contribution in [0.3, 0.4) is 0 Å². The van der Waals surface area contributed by atoms with Crippen LogP contribution < -0.4 is 51.1 Å². The minimum absolute atomic E-state index is 0.0376. The summed E-state index contributed by atoms with van der Waals surface area (Å²) in [6, 6.07) is 56.0. The van der Waals surface area contributed by atoms with Gasteiger partial charge in [-0.3, -0.25) is 19.8 Å². The highest BCUT2D eigenvalue weighted by molar-refractivity contribution is 7.22. The zero-order valence-corrected chi connectivity index (χ0v) is 78.7.